The Balaban J connectivity index is 1.63. The molecule has 0 unspecified atom stereocenters. The van der Waals surface area contributed by atoms with Crippen LogP contribution in [0.15, 0.2) is 59.0 Å². The van der Waals surface area contributed by atoms with E-state index in [4.69, 9.17) is 11.6 Å². The van der Waals surface area contributed by atoms with Crippen LogP contribution in [0.2, 0.25) is 5.15 Å². The monoisotopic (exact) mass is 367 g/mol. The summed E-state index contributed by atoms with van der Waals surface area (Å²) >= 11 is 7.25. The number of hydrogen-bond donors (Lipinski definition) is 1. The van der Waals surface area contributed by atoms with Crippen LogP contribution < -0.4 is 5.32 Å². The van der Waals surface area contributed by atoms with Crippen LogP contribution in [0.5, 0.6) is 0 Å². The van der Waals surface area contributed by atoms with Crippen molar-refractivity contribution in [2.24, 2.45) is 4.99 Å². The Morgan fingerprint density at radius 2 is 2.16 bits per heavy atom. The maximum atomic E-state index is 12.2. The molecule has 3 heterocycles. The van der Waals surface area contributed by atoms with Crippen LogP contribution in [0, 0.1) is 0 Å². The molecule has 1 aliphatic heterocycles. The summed E-state index contributed by atoms with van der Waals surface area (Å²) in [5, 5.41) is 4.40. The highest BCUT2D eigenvalue weighted by atomic mass is 35.5. The molecule has 1 aliphatic rings. The number of benzene rings is 1. The molecule has 0 aliphatic carbocycles. The maximum Gasteiger partial charge on any atom is 0.264 e. The lowest BCUT2D eigenvalue weighted by molar-refractivity contribution is -0.115. The Labute approximate surface area is 152 Å². The molecule has 0 spiro atoms. The summed E-state index contributed by atoms with van der Waals surface area (Å²) in [6.07, 6.45) is 6.64. The van der Waals surface area contributed by atoms with Crippen LogP contribution in [0.3, 0.4) is 0 Å². The van der Waals surface area contributed by atoms with Crippen molar-refractivity contribution in [3.05, 3.63) is 64.7 Å². The zero-order chi connectivity index (χ0) is 17.2. The number of carbonyl (C=O) groups excluding carboxylic acids is 1. The van der Waals surface area contributed by atoms with Gasteiger partial charge in [0.2, 0.25) is 0 Å². The first kappa shape index (κ1) is 15.7. The van der Waals surface area contributed by atoms with Crippen LogP contribution in [0.1, 0.15) is 5.56 Å². The summed E-state index contributed by atoms with van der Waals surface area (Å²) in [6.45, 7) is 0. The number of amides is 1. The normalized spacial score (nSPS) is 17.4. The minimum Gasteiger partial charge on any atom is -0.300 e. The number of nitrogens with zero attached hydrogens (tertiary/aromatic N) is 4. The number of aromatic nitrogens is 3. The van der Waals surface area contributed by atoms with Crippen molar-refractivity contribution in [1.29, 1.82) is 0 Å². The summed E-state index contributed by atoms with van der Waals surface area (Å²) in [5.41, 5.74) is 2.26. The summed E-state index contributed by atoms with van der Waals surface area (Å²) in [6, 6.07) is 9.21. The van der Waals surface area contributed by atoms with Crippen molar-refractivity contribution in [2.75, 3.05) is 0 Å². The van der Waals surface area contributed by atoms with E-state index in [-0.39, 0.29) is 11.1 Å². The number of carbonyl (C=O) groups is 1. The average molecular weight is 368 g/mol. The fraction of sp³-hybridized carbons (Fsp3) is 0. The van der Waals surface area contributed by atoms with Crippen molar-refractivity contribution >= 4 is 57.1 Å². The van der Waals surface area contributed by atoms with E-state index >= 15 is 0 Å². The Bertz CT molecular complexity index is 1050. The quantitative estimate of drug-likeness (QED) is 0.553. The standard InChI is InChI=1S/C17H10ClN5OS/c18-15-13(2-1-5-20-15)22-17-23-16(24)14(25-17)7-10-3-4-12-11(6-10)8-19-9-21-12/h1-9H,(H,22,23,24)/b14-7-. The Morgan fingerprint density at radius 1 is 1.24 bits per heavy atom. The van der Waals surface area contributed by atoms with Gasteiger partial charge >= 0.3 is 0 Å². The van der Waals surface area contributed by atoms with E-state index in [2.05, 4.69) is 25.3 Å². The number of amidine groups is 1. The van der Waals surface area contributed by atoms with Crippen molar-refractivity contribution in [3.8, 4) is 0 Å². The van der Waals surface area contributed by atoms with Crippen LogP contribution in [-0.2, 0) is 4.79 Å². The van der Waals surface area contributed by atoms with Gasteiger partial charge in [-0.15, -0.1) is 0 Å². The second-order valence-electron chi connectivity index (χ2n) is 5.14. The van der Waals surface area contributed by atoms with E-state index in [1.165, 1.54) is 18.1 Å². The van der Waals surface area contributed by atoms with E-state index in [9.17, 15) is 4.79 Å². The first-order chi connectivity index (χ1) is 12.2. The number of fused-ring (bicyclic) bond motifs is 1. The van der Waals surface area contributed by atoms with E-state index < -0.39 is 0 Å². The van der Waals surface area contributed by atoms with Crippen LogP contribution in [-0.4, -0.2) is 26.0 Å². The molecular weight excluding hydrogens is 358 g/mol. The lowest BCUT2D eigenvalue weighted by atomic mass is 10.1. The number of nitrogens with one attached hydrogen (secondary N) is 1. The third-order valence-electron chi connectivity index (χ3n) is 3.44. The third kappa shape index (κ3) is 3.38. The first-order valence-corrected chi connectivity index (χ1v) is 8.48. The number of hydrogen-bond acceptors (Lipinski definition) is 6. The predicted molar refractivity (Wildman–Crippen MR) is 99.6 cm³/mol. The Hall–Kier alpha value is -2.77. The molecule has 8 heteroatoms. The molecule has 25 heavy (non-hydrogen) atoms. The number of rotatable bonds is 2. The highest BCUT2D eigenvalue weighted by molar-refractivity contribution is 8.18. The number of aliphatic imine (C=N–C) groups is 1. The van der Waals surface area contributed by atoms with E-state index in [0.717, 1.165) is 16.5 Å². The van der Waals surface area contributed by atoms with Crippen molar-refractivity contribution in [2.45, 2.75) is 0 Å². The molecule has 122 valence electrons. The van der Waals surface area contributed by atoms with E-state index in [0.29, 0.717) is 15.8 Å². The van der Waals surface area contributed by atoms with Gasteiger partial charge < -0.3 is 5.32 Å². The molecule has 4 rings (SSSR count). The highest BCUT2D eigenvalue weighted by Gasteiger charge is 2.24. The van der Waals surface area contributed by atoms with Gasteiger partial charge in [-0.25, -0.2) is 19.9 Å². The molecule has 0 saturated carbocycles. The maximum absolute atomic E-state index is 12.2. The molecule has 3 aromatic rings. The largest absolute Gasteiger partial charge is 0.300 e. The van der Waals surface area contributed by atoms with Gasteiger partial charge in [-0.1, -0.05) is 17.7 Å². The summed E-state index contributed by atoms with van der Waals surface area (Å²) < 4.78 is 0. The highest BCUT2D eigenvalue weighted by Crippen LogP contribution is 2.30. The van der Waals surface area contributed by atoms with E-state index in [1.807, 2.05) is 18.2 Å². The van der Waals surface area contributed by atoms with Gasteiger partial charge in [0.15, 0.2) is 10.3 Å². The summed E-state index contributed by atoms with van der Waals surface area (Å²) in [4.78, 5) is 29.2. The molecule has 0 atom stereocenters. The minimum absolute atomic E-state index is 0.201. The topological polar surface area (TPSA) is 80.1 Å². The number of thioether (sulfide) groups is 1. The van der Waals surface area contributed by atoms with E-state index in [1.54, 1.807) is 30.6 Å². The fourth-order valence-corrected chi connectivity index (χ4v) is 3.29. The van der Waals surface area contributed by atoms with Crippen LogP contribution in [0.25, 0.3) is 17.0 Å². The second kappa shape index (κ2) is 6.62. The zero-order valence-corrected chi connectivity index (χ0v) is 14.3. The van der Waals surface area contributed by atoms with Gasteiger partial charge in [0.1, 0.15) is 12.0 Å². The number of pyridine rings is 1. The predicted octanol–water partition coefficient (Wildman–Crippen LogP) is 3.57. The molecule has 1 saturated heterocycles. The molecule has 6 nitrogen and oxygen atoms in total. The Kier molecular flexibility index (Phi) is 4.17. The SMILES string of the molecule is O=C1NC(=Nc2cccnc2Cl)S/C1=C\c1ccc2ncncc2c1. The van der Waals surface area contributed by atoms with Gasteiger partial charge in [-0.3, -0.25) is 4.79 Å². The van der Waals surface area contributed by atoms with Crippen molar-refractivity contribution in [1.82, 2.24) is 20.3 Å². The number of halogens is 1. The fourth-order valence-electron chi connectivity index (χ4n) is 2.30. The molecule has 1 N–H and O–H groups in total. The Morgan fingerprint density at radius 3 is 3.04 bits per heavy atom. The molecule has 1 aromatic carbocycles. The zero-order valence-electron chi connectivity index (χ0n) is 12.7. The third-order valence-corrected chi connectivity index (χ3v) is 4.64. The molecule has 1 fully saturated rings. The lowest BCUT2D eigenvalue weighted by Crippen LogP contribution is -2.19. The van der Waals surface area contributed by atoms with Gasteiger partial charge in [-0.2, -0.15) is 0 Å². The van der Waals surface area contributed by atoms with Crippen molar-refractivity contribution < 1.29 is 4.79 Å². The first-order valence-electron chi connectivity index (χ1n) is 7.29. The average Bonchev–Trinajstić information content (AvgIpc) is 2.96. The molecular formula is C17H10ClN5OS. The van der Waals surface area contributed by atoms with Gasteiger partial charge in [0.05, 0.1) is 10.4 Å². The minimum atomic E-state index is -0.201. The molecule has 0 bridgehead atoms. The van der Waals surface area contributed by atoms with Gasteiger partial charge in [0.25, 0.3) is 5.91 Å². The van der Waals surface area contributed by atoms with Gasteiger partial charge in [-0.05, 0) is 47.7 Å². The lowest BCUT2D eigenvalue weighted by Gasteiger charge is -1.99. The van der Waals surface area contributed by atoms with Crippen LogP contribution >= 0.6 is 23.4 Å². The summed E-state index contributed by atoms with van der Waals surface area (Å²) in [7, 11) is 0. The molecule has 2 aromatic heterocycles. The molecule has 1 amide bonds. The van der Waals surface area contributed by atoms with Crippen molar-refractivity contribution in [3.63, 3.8) is 0 Å². The summed E-state index contributed by atoms with van der Waals surface area (Å²) in [5.74, 6) is -0.201. The van der Waals surface area contributed by atoms with Crippen LogP contribution in [0.4, 0.5) is 5.69 Å². The van der Waals surface area contributed by atoms with Gasteiger partial charge in [0, 0.05) is 17.8 Å². The smallest absolute Gasteiger partial charge is 0.264 e. The second-order valence-corrected chi connectivity index (χ2v) is 6.52. The molecule has 0 radical (unpaired) electrons.